The van der Waals surface area contributed by atoms with Crippen LogP contribution in [0, 0.1) is 0 Å². The lowest BCUT2D eigenvalue weighted by molar-refractivity contribution is -0.120. The van der Waals surface area contributed by atoms with Crippen molar-refractivity contribution in [1.82, 2.24) is 14.7 Å². The molecular weight excluding hydrogens is 264 g/mol. The topological polar surface area (TPSA) is 104 Å². The van der Waals surface area contributed by atoms with E-state index in [0.717, 1.165) is 0 Å². The van der Waals surface area contributed by atoms with Gasteiger partial charge in [0.15, 0.2) is 5.69 Å². The second-order valence-corrected chi connectivity index (χ2v) is 4.34. The van der Waals surface area contributed by atoms with Crippen molar-refractivity contribution in [3.05, 3.63) is 30.2 Å². The fourth-order valence-electron chi connectivity index (χ4n) is 2.05. The molecule has 1 fully saturated rings. The van der Waals surface area contributed by atoms with Crippen molar-refractivity contribution < 1.29 is 19.5 Å². The lowest BCUT2D eigenvalue weighted by Crippen LogP contribution is -2.49. The molecule has 1 saturated heterocycles. The molecule has 3 heterocycles. The van der Waals surface area contributed by atoms with Crippen LogP contribution in [-0.2, 0) is 4.79 Å². The second-order valence-electron chi connectivity index (χ2n) is 4.34. The summed E-state index contributed by atoms with van der Waals surface area (Å²) in [5, 5.41) is 11.1. The number of amides is 3. The van der Waals surface area contributed by atoms with Gasteiger partial charge in [0.2, 0.25) is 5.91 Å². The second kappa shape index (κ2) is 4.34. The number of hydrogen-bond acceptors (Lipinski definition) is 4. The maximum Gasteiger partial charge on any atom is 0.356 e. The van der Waals surface area contributed by atoms with Gasteiger partial charge in [0.1, 0.15) is 5.65 Å². The van der Waals surface area contributed by atoms with Gasteiger partial charge in [-0.15, -0.1) is 0 Å². The van der Waals surface area contributed by atoms with E-state index in [1.54, 1.807) is 22.7 Å². The molecule has 0 aliphatic carbocycles. The Morgan fingerprint density at radius 3 is 2.90 bits per heavy atom. The molecule has 0 unspecified atom stereocenters. The Morgan fingerprint density at radius 2 is 2.20 bits per heavy atom. The summed E-state index contributed by atoms with van der Waals surface area (Å²) in [6.45, 7) is 0.285. The predicted molar refractivity (Wildman–Crippen MR) is 67.7 cm³/mol. The molecule has 3 amide bonds. The number of hydrogen-bond donors (Lipinski definition) is 2. The summed E-state index contributed by atoms with van der Waals surface area (Å²) < 4.78 is 1.56. The van der Waals surface area contributed by atoms with Gasteiger partial charge in [0, 0.05) is 31.4 Å². The van der Waals surface area contributed by atoms with E-state index in [2.05, 4.69) is 10.3 Å². The average molecular weight is 274 g/mol. The van der Waals surface area contributed by atoms with E-state index in [1.165, 1.54) is 11.1 Å². The smallest absolute Gasteiger partial charge is 0.356 e. The van der Waals surface area contributed by atoms with Gasteiger partial charge in [-0.25, -0.2) is 14.6 Å². The van der Waals surface area contributed by atoms with Crippen molar-refractivity contribution in [3.63, 3.8) is 0 Å². The number of carboxylic acids is 1. The Hall–Kier alpha value is -2.90. The van der Waals surface area contributed by atoms with Gasteiger partial charge in [0.25, 0.3) is 0 Å². The van der Waals surface area contributed by atoms with E-state index in [-0.39, 0.29) is 24.6 Å². The number of imide groups is 1. The maximum absolute atomic E-state index is 11.7. The number of fused-ring (bicyclic) bond motifs is 1. The van der Waals surface area contributed by atoms with Gasteiger partial charge < -0.3 is 9.51 Å². The number of aromatic carboxylic acids is 1. The number of carbonyl (C=O) groups is 3. The average Bonchev–Trinajstić information content (AvgIpc) is 2.81. The summed E-state index contributed by atoms with van der Waals surface area (Å²) in [6.07, 6.45) is 3.24. The molecule has 0 aromatic carbocycles. The van der Waals surface area contributed by atoms with E-state index in [4.69, 9.17) is 5.11 Å². The van der Waals surface area contributed by atoms with Crippen LogP contribution in [0.1, 0.15) is 16.9 Å². The first-order chi connectivity index (χ1) is 9.54. The van der Waals surface area contributed by atoms with E-state index >= 15 is 0 Å². The number of pyridine rings is 1. The van der Waals surface area contributed by atoms with Gasteiger partial charge in [-0.3, -0.25) is 15.0 Å². The quantitative estimate of drug-likeness (QED) is 0.828. The van der Waals surface area contributed by atoms with Crippen molar-refractivity contribution >= 4 is 29.2 Å². The fraction of sp³-hybridized carbons (Fsp3) is 0.167. The van der Waals surface area contributed by atoms with Crippen LogP contribution in [-0.4, -0.2) is 38.9 Å². The van der Waals surface area contributed by atoms with E-state index < -0.39 is 12.0 Å². The van der Waals surface area contributed by atoms with Gasteiger partial charge in [-0.05, 0) is 6.07 Å². The molecule has 0 spiro atoms. The van der Waals surface area contributed by atoms with Crippen LogP contribution in [0.5, 0.6) is 0 Å². The zero-order chi connectivity index (χ0) is 14.3. The van der Waals surface area contributed by atoms with Crippen molar-refractivity contribution in [1.29, 1.82) is 0 Å². The number of imidazole rings is 1. The number of carbonyl (C=O) groups excluding carboxylic acids is 2. The molecule has 0 atom stereocenters. The number of nitrogens with one attached hydrogen (secondary N) is 1. The molecule has 1 aliphatic rings. The number of carboxylic acid groups (broad SMARTS) is 1. The molecule has 8 nitrogen and oxygen atoms in total. The Kier molecular flexibility index (Phi) is 2.63. The predicted octanol–water partition coefficient (Wildman–Crippen LogP) is 0.479. The standard InChI is InChI=1S/C12H10N4O4/c17-10-2-4-16(12(20)14-10)7-1-3-15-6-8(11(18)19)13-9(15)5-7/h1,3,5-6H,2,4H2,(H,18,19)(H,14,17,20). The van der Waals surface area contributed by atoms with Crippen molar-refractivity contribution in [3.8, 4) is 0 Å². The third kappa shape index (κ3) is 1.96. The van der Waals surface area contributed by atoms with Crippen LogP contribution in [0.4, 0.5) is 10.5 Å². The Morgan fingerprint density at radius 1 is 1.40 bits per heavy atom. The SMILES string of the molecule is O=C1CCN(c2ccn3cc(C(=O)O)nc3c2)C(=O)N1. The molecule has 20 heavy (non-hydrogen) atoms. The van der Waals surface area contributed by atoms with Crippen molar-refractivity contribution in [2.45, 2.75) is 6.42 Å². The normalized spacial score (nSPS) is 15.5. The van der Waals surface area contributed by atoms with E-state index in [1.807, 2.05) is 0 Å². The Bertz CT molecular complexity index is 736. The Labute approximate surface area is 112 Å². The number of rotatable bonds is 2. The third-order valence-electron chi connectivity index (χ3n) is 3.03. The molecule has 3 rings (SSSR count). The van der Waals surface area contributed by atoms with Crippen LogP contribution in [0.25, 0.3) is 5.65 Å². The highest BCUT2D eigenvalue weighted by molar-refractivity contribution is 6.05. The minimum absolute atomic E-state index is 0.0691. The molecule has 2 aromatic rings. The molecule has 0 bridgehead atoms. The Balaban J connectivity index is 1.98. The summed E-state index contributed by atoms with van der Waals surface area (Å²) in [5.41, 5.74) is 0.912. The molecule has 0 radical (unpaired) electrons. The zero-order valence-corrected chi connectivity index (χ0v) is 10.2. The van der Waals surface area contributed by atoms with Crippen molar-refractivity contribution in [2.75, 3.05) is 11.4 Å². The van der Waals surface area contributed by atoms with E-state index in [0.29, 0.717) is 11.3 Å². The molecule has 0 saturated carbocycles. The molecule has 102 valence electrons. The van der Waals surface area contributed by atoms with Crippen LogP contribution < -0.4 is 10.2 Å². The van der Waals surface area contributed by atoms with Gasteiger partial charge in [0.05, 0.1) is 5.69 Å². The van der Waals surface area contributed by atoms with Gasteiger partial charge in [-0.1, -0.05) is 0 Å². The highest BCUT2D eigenvalue weighted by atomic mass is 16.4. The first-order valence-corrected chi connectivity index (χ1v) is 5.88. The number of urea groups is 1. The highest BCUT2D eigenvalue weighted by Gasteiger charge is 2.24. The highest BCUT2D eigenvalue weighted by Crippen LogP contribution is 2.19. The lowest BCUT2D eigenvalue weighted by Gasteiger charge is -2.26. The summed E-state index contributed by atoms with van der Waals surface area (Å²) in [6, 6.07) is 2.77. The summed E-state index contributed by atoms with van der Waals surface area (Å²) >= 11 is 0. The van der Waals surface area contributed by atoms with Gasteiger partial charge >= 0.3 is 12.0 Å². The fourth-order valence-corrected chi connectivity index (χ4v) is 2.05. The third-order valence-corrected chi connectivity index (χ3v) is 3.03. The first-order valence-electron chi connectivity index (χ1n) is 5.88. The molecule has 8 heteroatoms. The minimum Gasteiger partial charge on any atom is -0.476 e. The number of aromatic nitrogens is 2. The molecule has 1 aliphatic heterocycles. The number of anilines is 1. The van der Waals surface area contributed by atoms with E-state index in [9.17, 15) is 14.4 Å². The van der Waals surface area contributed by atoms with Crippen LogP contribution >= 0.6 is 0 Å². The summed E-state index contributed by atoms with van der Waals surface area (Å²) in [4.78, 5) is 39.0. The molecule has 2 aromatic heterocycles. The number of nitrogens with zero attached hydrogens (tertiary/aromatic N) is 3. The van der Waals surface area contributed by atoms with Crippen LogP contribution in [0.3, 0.4) is 0 Å². The van der Waals surface area contributed by atoms with Crippen LogP contribution in [0.2, 0.25) is 0 Å². The van der Waals surface area contributed by atoms with Gasteiger partial charge in [-0.2, -0.15) is 0 Å². The monoisotopic (exact) mass is 274 g/mol. The summed E-state index contributed by atoms with van der Waals surface area (Å²) in [7, 11) is 0. The zero-order valence-electron chi connectivity index (χ0n) is 10.2. The minimum atomic E-state index is -1.11. The summed E-state index contributed by atoms with van der Waals surface area (Å²) in [5.74, 6) is -1.42. The molecular formula is C12H10N4O4. The molecule has 2 N–H and O–H groups in total. The first kappa shape index (κ1) is 12.2. The van der Waals surface area contributed by atoms with Crippen LogP contribution in [0.15, 0.2) is 24.5 Å². The van der Waals surface area contributed by atoms with Crippen molar-refractivity contribution in [2.24, 2.45) is 0 Å². The lowest BCUT2D eigenvalue weighted by atomic mass is 10.2. The largest absolute Gasteiger partial charge is 0.476 e. The maximum atomic E-state index is 11.7.